The van der Waals surface area contributed by atoms with E-state index < -0.39 is 11.1 Å². The number of rotatable bonds is 8. The third kappa shape index (κ3) is 4.83. The second-order valence-electron chi connectivity index (χ2n) is 6.81. The van der Waals surface area contributed by atoms with Gasteiger partial charge in [-0.05, 0) is 36.8 Å². The molecule has 0 aliphatic heterocycles. The van der Waals surface area contributed by atoms with E-state index in [1.54, 1.807) is 25.1 Å². The summed E-state index contributed by atoms with van der Waals surface area (Å²) >= 11 is 1.33. The van der Waals surface area contributed by atoms with Crippen molar-refractivity contribution < 1.29 is 13.9 Å². The van der Waals surface area contributed by atoms with Crippen molar-refractivity contribution in [3.05, 3.63) is 102 Å². The van der Waals surface area contributed by atoms with Gasteiger partial charge in [0.1, 0.15) is 12.4 Å². The summed E-state index contributed by atoms with van der Waals surface area (Å²) in [5, 5.41) is 8.74. The molecule has 1 heterocycles. The molecule has 0 spiro atoms. The molecule has 0 radical (unpaired) electrons. The second-order valence-corrected chi connectivity index (χ2v) is 7.88. The van der Waals surface area contributed by atoms with Gasteiger partial charge in [0.05, 0.1) is 5.25 Å². The number of benzene rings is 3. The Morgan fingerprint density at radius 3 is 2.29 bits per heavy atom. The molecule has 31 heavy (non-hydrogen) atoms. The summed E-state index contributed by atoms with van der Waals surface area (Å²) in [4.78, 5) is 12.4. The molecule has 0 fully saturated rings. The van der Waals surface area contributed by atoms with Crippen LogP contribution in [0.5, 0.6) is 5.75 Å². The Balaban J connectivity index is 1.68. The van der Waals surface area contributed by atoms with E-state index in [1.165, 1.54) is 17.8 Å². The maximum atomic E-state index is 14.0. The van der Waals surface area contributed by atoms with Gasteiger partial charge in [-0.3, -0.25) is 9.36 Å². The van der Waals surface area contributed by atoms with E-state index >= 15 is 0 Å². The number of ether oxygens (including phenoxy) is 1. The second kappa shape index (κ2) is 9.57. The number of carbonyl (C=O) groups excluding carboxylic acids is 1. The highest BCUT2D eigenvalue weighted by Gasteiger charge is 2.24. The smallest absolute Gasteiger partial charge is 0.196 e. The molecule has 0 aliphatic carbocycles. The number of Topliss-reactive ketones (excluding diaryl/α,β-unsaturated/α-hetero) is 1. The topological polar surface area (TPSA) is 57.0 Å². The molecule has 0 saturated heterocycles. The maximum Gasteiger partial charge on any atom is 0.196 e. The Morgan fingerprint density at radius 2 is 1.61 bits per heavy atom. The molecular formula is C24H20FN3O2S. The highest BCUT2D eigenvalue weighted by molar-refractivity contribution is 8.00. The first-order valence-corrected chi connectivity index (χ1v) is 10.6. The molecule has 1 unspecified atom stereocenters. The van der Waals surface area contributed by atoms with Gasteiger partial charge in [0.15, 0.2) is 22.5 Å². The fraction of sp³-hybridized carbons (Fsp3) is 0.125. The normalized spacial score (nSPS) is 11.8. The van der Waals surface area contributed by atoms with Crippen molar-refractivity contribution in [3.8, 4) is 11.4 Å². The summed E-state index contributed by atoms with van der Waals surface area (Å²) in [7, 11) is 0. The summed E-state index contributed by atoms with van der Waals surface area (Å²) in [6.07, 6.45) is 0. The Bertz CT molecular complexity index is 1170. The van der Waals surface area contributed by atoms with Gasteiger partial charge in [0.2, 0.25) is 0 Å². The number of ketones is 1. The summed E-state index contributed by atoms with van der Waals surface area (Å²) in [6, 6.07) is 25.4. The molecular weight excluding hydrogens is 413 g/mol. The van der Waals surface area contributed by atoms with Crippen molar-refractivity contribution in [2.45, 2.75) is 23.9 Å². The molecule has 0 N–H and O–H groups in total. The van der Waals surface area contributed by atoms with Crippen LogP contribution >= 0.6 is 11.8 Å². The average molecular weight is 434 g/mol. The fourth-order valence-corrected chi connectivity index (χ4v) is 4.20. The largest absolute Gasteiger partial charge is 0.483 e. The van der Waals surface area contributed by atoms with Crippen LogP contribution in [-0.2, 0) is 11.4 Å². The van der Waals surface area contributed by atoms with Crippen molar-refractivity contribution in [1.82, 2.24) is 14.8 Å². The minimum Gasteiger partial charge on any atom is -0.483 e. The van der Waals surface area contributed by atoms with Crippen LogP contribution in [0.15, 0.2) is 90.1 Å². The monoisotopic (exact) mass is 433 g/mol. The Kier molecular flexibility index (Phi) is 6.43. The van der Waals surface area contributed by atoms with E-state index in [0.717, 1.165) is 11.3 Å². The summed E-state index contributed by atoms with van der Waals surface area (Å²) in [5.41, 5.74) is 1.73. The van der Waals surface area contributed by atoms with Crippen molar-refractivity contribution in [2.75, 3.05) is 0 Å². The van der Waals surface area contributed by atoms with Crippen LogP contribution in [0.2, 0.25) is 0 Å². The first-order valence-electron chi connectivity index (χ1n) is 9.72. The molecule has 1 aromatic heterocycles. The zero-order valence-corrected chi connectivity index (χ0v) is 17.6. The van der Waals surface area contributed by atoms with Crippen LogP contribution in [0, 0.1) is 5.82 Å². The van der Waals surface area contributed by atoms with Gasteiger partial charge < -0.3 is 4.74 Å². The van der Waals surface area contributed by atoms with Crippen molar-refractivity contribution in [3.63, 3.8) is 0 Å². The van der Waals surface area contributed by atoms with Gasteiger partial charge in [-0.15, -0.1) is 10.2 Å². The lowest BCUT2D eigenvalue weighted by Gasteiger charge is -2.15. The van der Waals surface area contributed by atoms with Crippen LogP contribution < -0.4 is 4.74 Å². The number of carbonyl (C=O) groups is 1. The van der Waals surface area contributed by atoms with E-state index in [2.05, 4.69) is 10.2 Å². The quantitative estimate of drug-likeness (QED) is 0.348. The minimum absolute atomic E-state index is 0.0166. The molecule has 4 aromatic rings. The zero-order chi connectivity index (χ0) is 21.6. The molecule has 0 saturated carbocycles. The van der Waals surface area contributed by atoms with Gasteiger partial charge in [0, 0.05) is 5.69 Å². The lowest BCUT2D eigenvalue weighted by Crippen LogP contribution is -2.09. The van der Waals surface area contributed by atoms with Crippen LogP contribution in [0.4, 0.5) is 4.39 Å². The molecule has 5 nitrogen and oxygen atoms in total. The van der Waals surface area contributed by atoms with Crippen molar-refractivity contribution in [1.29, 1.82) is 0 Å². The Morgan fingerprint density at radius 1 is 0.968 bits per heavy atom. The fourth-order valence-electron chi connectivity index (χ4n) is 3.13. The van der Waals surface area contributed by atoms with Gasteiger partial charge in [-0.2, -0.15) is 0 Å². The van der Waals surface area contributed by atoms with E-state index in [9.17, 15) is 9.18 Å². The van der Waals surface area contributed by atoms with Crippen LogP contribution in [-0.4, -0.2) is 20.5 Å². The number of hydrogen-bond donors (Lipinski definition) is 0. The molecule has 1 atom stereocenters. The lowest BCUT2D eigenvalue weighted by atomic mass is 10.1. The summed E-state index contributed by atoms with van der Waals surface area (Å²) in [5.74, 6) is 0.226. The Labute approximate surface area is 183 Å². The predicted molar refractivity (Wildman–Crippen MR) is 118 cm³/mol. The van der Waals surface area contributed by atoms with Crippen molar-refractivity contribution >= 4 is 17.5 Å². The van der Waals surface area contributed by atoms with Gasteiger partial charge in [-0.1, -0.05) is 72.4 Å². The first-order chi connectivity index (χ1) is 15.1. The number of thioether (sulfide) groups is 1. The lowest BCUT2D eigenvalue weighted by molar-refractivity contribution is -0.116. The molecule has 3 aromatic carbocycles. The summed E-state index contributed by atoms with van der Waals surface area (Å²) < 4.78 is 21.5. The van der Waals surface area contributed by atoms with E-state index in [-0.39, 0.29) is 18.1 Å². The third-order valence-electron chi connectivity index (χ3n) is 4.60. The van der Waals surface area contributed by atoms with Crippen LogP contribution in [0.25, 0.3) is 5.69 Å². The number of aromatic nitrogens is 3. The Hall–Kier alpha value is -3.45. The number of halogens is 1. The minimum atomic E-state index is -0.441. The third-order valence-corrected chi connectivity index (χ3v) is 5.92. The first kappa shape index (κ1) is 20.8. The van der Waals surface area contributed by atoms with E-state index in [1.807, 2.05) is 65.2 Å². The predicted octanol–water partition coefficient (Wildman–Crippen LogP) is 5.41. The summed E-state index contributed by atoms with van der Waals surface area (Å²) in [6.45, 7) is 1.59. The van der Waals surface area contributed by atoms with Crippen LogP contribution in [0.3, 0.4) is 0 Å². The van der Waals surface area contributed by atoms with Crippen LogP contribution in [0.1, 0.15) is 23.6 Å². The molecule has 0 aliphatic rings. The molecule has 4 rings (SSSR count). The zero-order valence-electron chi connectivity index (χ0n) is 16.8. The van der Waals surface area contributed by atoms with Gasteiger partial charge in [0.25, 0.3) is 0 Å². The van der Waals surface area contributed by atoms with E-state index in [4.69, 9.17) is 4.74 Å². The number of nitrogens with zero attached hydrogens (tertiary/aromatic N) is 3. The highest BCUT2D eigenvalue weighted by Crippen LogP contribution is 2.36. The SMILES string of the molecule is CC(=O)C(Sc1nnc(COc2ccccc2F)n1-c1ccccc1)c1ccccc1. The number of para-hydroxylation sites is 2. The van der Waals surface area contributed by atoms with Gasteiger partial charge >= 0.3 is 0 Å². The van der Waals surface area contributed by atoms with Crippen molar-refractivity contribution in [2.24, 2.45) is 0 Å². The average Bonchev–Trinajstić information content (AvgIpc) is 3.20. The molecule has 0 bridgehead atoms. The standard InChI is InChI=1S/C24H20FN3O2S/c1-17(29)23(18-10-4-2-5-11-18)31-24-27-26-22(28(24)19-12-6-3-7-13-19)16-30-21-15-9-8-14-20(21)25/h2-15,23H,16H2,1H3. The molecule has 7 heteroatoms. The molecule has 156 valence electrons. The highest BCUT2D eigenvalue weighted by atomic mass is 32.2. The van der Waals surface area contributed by atoms with E-state index in [0.29, 0.717) is 11.0 Å². The number of hydrogen-bond acceptors (Lipinski definition) is 5. The van der Waals surface area contributed by atoms with Gasteiger partial charge in [-0.25, -0.2) is 4.39 Å². The molecule has 0 amide bonds. The maximum absolute atomic E-state index is 14.0.